The number of aromatic nitrogens is 3. The fourth-order valence-corrected chi connectivity index (χ4v) is 2.01. The molecule has 2 aromatic rings. The standard InChI is InChI=1S/C13H15N3/c1-10-4-2-7-12(14-10)13-8-9-16(15-13)11-5-3-6-11/h2,4,7-9,11H,3,5-6H2,1H3. The van der Waals surface area contributed by atoms with Crippen molar-refractivity contribution in [2.75, 3.05) is 0 Å². The molecule has 3 nitrogen and oxygen atoms in total. The summed E-state index contributed by atoms with van der Waals surface area (Å²) in [6.45, 7) is 2.01. The van der Waals surface area contributed by atoms with Crippen molar-refractivity contribution in [2.24, 2.45) is 0 Å². The zero-order valence-electron chi connectivity index (χ0n) is 9.43. The molecule has 3 rings (SSSR count). The van der Waals surface area contributed by atoms with E-state index in [1.807, 2.05) is 25.1 Å². The van der Waals surface area contributed by atoms with Gasteiger partial charge < -0.3 is 0 Å². The minimum absolute atomic E-state index is 0.624. The monoisotopic (exact) mass is 213 g/mol. The van der Waals surface area contributed by atoms with E-state index in [1.165, 1.54) is 19.3 Å². The summed E-state index contributed by atoms with van der Waals surface area (Å²) in [5.74, 6) is 0. The molecule has 1 saturated carbocycles. The summed E-state index contributed by atoms with van der Waals surface area (Å²) in [4.78, 5) is 4.48. The highest BCUT2D eigenvalue weighted by molar-refractivity contribution is 5.53. The van der Waals surface area contributed by atoms with Crippen molar-refractivity contribution in [3.8, 4) is 11.4 Å². The van der Waals surface area contributed by atoms with E-state index in [0.717, 1.165) is 17.1 Å². The molecule has 0 bridgehead atoms. The highest BCUT2D eigenvalue weighted by atomic mass is 15.3. The van der Waals surface area contributed by atoms with Gasteiger partial charge in [-0.2, -0.15) is 5.10 Å². The molecule has 1 aliphatic rings. The minimum Gasteiger partial charge on any atom is -0.269 e. The second kappa shape index (κ2) is 3.74. The van der Waals surface area contributed by atoms with Crippen molar-refractivity contribution in [1.82, 2.24) is 14.8 Å². The molecule has 16 heavy (non-hydrogen) atoms. The number of pyridine rings is 1. The van der Waals surface area contributed by atoms with Crippen LogP contribution in [0.5, 0.6) is 0 Å². The number of hydrogen-bond donors (Lipinski definition) is 0. The maximum atomic E-state index is 4.60. The molecule has 82 valence electrons. The van der Waals surface area contributed by atoms with Gasteiger partial charge in [-0.1, -0.05) is 6.07 Å². The van der Waals surface area contributed by atoms with E-state index in [-0.39, 0.29) is 0 Å². The van der Waals surface area contributed by atoms with E-state index in [9.17, 15) is 0 Å². The van der Waals surface area contributed by atoms with E-state index in [0.29, 0.717) is 6.04 Å². The van der Waals surface area contributed by atoms with E-state index >= 15 is 0 Å². The Bertz CT molecular complexity index is 497. The Balaban J connectivity index is 1.91. The van der Waals surface area contributed by atoms with Crippen LogP contribution in [-0.2, 0) is 0 Å². The summed E-state index contributed by atoms with van der Waals surface area (Å²) in [7, 11) is 0. The summed E-state index contributed by atoms with van der Waals surface area (Å²) in [6, 6.07) is 8.73. The molecule has 0 radical (unpaired) electrons. The van der Waals surface area contributed by atoms with Crippen LogP contribution in [0.15, 0.2) is 30.5 Å². The topological polar surface area (TPSA) is 30.7 Å². The molecular weight excluding hydrogens is 198 g/mol. The highest BCUT2D eigenvalue weighted by Crippen LogP contribution is 2.31. The molecule has 1 fully saturated rings. The van der Waals surface area contributed by atoms with E-state index < -0.39 is 0 Å². The molecule has 0 unspecified atom stereocenters. The van der Waals surface area contributed by atoms with Gasteiger partial charge in [0.25, 0.3) is 0 Å². The third kappa shape index (κ3) is 1.62. The van der Waals surface area contributed by atoms with Crippen molar-refractivity contribution >= 4 is 0 Å². The van der Waals surface area contributed by atoms with Crippen molar-refractivity contribution in [1.29, 1.82) is 0 Å². The molecule has 0 aliphatic heterocycles. The van der Waals surface area contributed by atoms with Crippen molar-refractivity contribution < 1.29 is 0 Å². The Morgan fingerprint density at radius 1 is 1.19 bits per heavy atom. The minimum atomic E-state index is 0.624. The van der Waals surface area contributed by atoms with Gasteiger partial charge in [0.1, 0.15) is 5.69 Å². The molecule has 3 heteroatoms. The molecule has 0 spiro atoms. The van der Waals surface area contributed by atoms with Crippen LogP contribution < -0.4 is 0 Å². The molecular formula is C13H15N3. The van der Waals surface area contributed by atoms with Crippen LogP contribution in [0.25, 0.3) is 11.4 Å². The first-order chi connectivity index (χ1) is 7.83. The summed E-state index contributed by atoms with van der Waals surface area (Å²) >= 11 is 0. The molecule has 1 aliphatic carbocycles. The molecule has 2 aromatic heterocycles. The van der Waals surface area contributed by atoms with Crippen molar-refractivity contribution in [3.05, 3.63) is 36.2 Å². The van der Waals surface area contributed by atoms with E-state index in [4.69, 9.17) is 0 Å². The lowest BCUT2D eigenvalue weighted by atomic mass is 9.93. The van der Waals surface area contributed by atoms with Crippen molar-refractivity contribution in [2.45, 2.75) is 32.2 Å². The fourth-order valence-electron chi connectivity index (χ4n) is 2.01. The first-order valence-corrected chi connectivity index (χ1v) is 5.82. The molecule has 0 amide bonds. The van der Waals surface area contributed by atoms with Gasteiger partial charge in [0.2, 0.25) is 0 Å². The van der Waals surface area contributed by atoms with Gasteiger partial charge >= 0.3 is 0 Å². The van der Waals surface area contributed by atoms with E-state index in [2.05, 4.69) is 27.0 Å². The van der Waals surface area contributed by atoms with Gasteiger partial charge in [-0.25, -0.2) is 0 Å². The maximum Gasteiger partial charge on any atom is 0.111 e. The average Bonchev–Trinajstić information content (AvgIpc) is 2.64. The van der Waals surface area contributed by atoms with Crippen LogP contribution in [0.3, 0.4) is 0 Å². The van der Waals surface area contributed by atoms with Gasteiger partial charge in [0, 0.05) is 11.9 Å². The Morgan fingerprint density at radius 2 is 2.06 bits per heavy atom. The summed E-state index contributed by atoms with van der Waals surface area (Å²) in [5, 5.41) is 4.60. The van der Waals surface area contributed by atoms with Gasteiger partial charge in [-0.3, -0.25) is 9.67 Å². The third-order valence-electron chi connectivity index (χ3n) is 3.21. The number of hydrogen-bond acceptors (Lipinski definition) is 2. The average molecular weight is 213 g/mol. The van der Waals surface area contributed by atoms with Crippen LogP contribution >= 0.6 is 0 Å². The van der Waals surface area contributed by atoms with Crippen LogP contribution in [0.1, 0.15) is 31.0 Å². The predicted octanol–water partition coefficient (Wildman–Crippen LogP) is 2.98. The number of aryl methyl sites for hydroxylation is 1. The Labute approximate surface area is 95.1 Å². The Hall–Kier alpha value is -1.64. The van der Waals surface area contributed by atoms with Crippen LogP contribution in [-0.4, -0.2) is 14.8 Å². The summed E-state index contributed by atoms with van der Waals surface area (Å²) < 4.78 is 2.09. The van der Waals surface area contributed by atoms with Crippen LogP contribution in [0, 0.1) is 6.92 Å². The lowest BCUT2D eigenvalue weighted by Gasteiger charge is -2.25. The third-order valence-corrected chi connectivity index (χ3v) is 3.21. The molecule has 0 saturated heterocycles. The van der Waals surface area contributed by atoms with Crippen LogP contribution in [0.4, 0.5) is 0 Å². The van der Waals surface area contributed by atoms with Gasteiger partial charge in [-0.15, -0.1) is 0 Å². The smallest absolute Gasteiger partial charge is 0.111 e. The first-order valence-electron chi connectivity index (χ1n) is 5.82. The highest BCUT2D eigenvalue weighted by Gasteiger charge is 2.20. The second-order valence-corrected chi connectivity index (χ2v) is 4.43. The quantitative estimate of drug-likeness (QED) is 0.767. The summed E-state index contributed by atoms with van der Waals surface area (Å²) in [6.07, 6.45) is 5.94. The van der Waals surface area contributed by atoms with Crippen LogP contribution in [0.2, 0.25) is 0 Å². The zero-order chi connectivity index (χ0) is 11.0. The predicted molar refractivity (Wildman–Crippen MR) is 63.1 cm³/mol. The Kier molecular flexibility index (Phi) is 2.24. The zero-order valence-corrected chi connectivity index (χ0v) is 9.43. The van der Waals surface area contributed by atoms with Gasteiger partial charge in [0.15, 0.2) is 0 Å². The van der Waals surface area contributed by atoms with Gasteiger partial charge in [0.05, 0.1) is 11.7 Å². The normalized spacial score (nSPS) is 16.1. The fraction of sp³-hybridized carbons (Fsp3) is 0.385. The Morgan fingerprint density at radius 3 is 2.75 bits per heavy atom. The lowest BCUT2D eigenvalue weighted by Crippen LogP contribution is -2.17. The number of nitrogens with zero attached hydrogens (tertiary/aromatic N) is 3. The summed E-state index contributed by atoms with van der Waals surface area (Å²) in [5.41, 5.74) is 2.99. The second-order valence-electron chi connectivity index (χ2n) is 4.43. The molecule has 0 atom stereocenters. The first kappa shape index (κ1) is 9.58. The molecule has 0 aromatic carbocycles. The lowest BCUT2D eigenvalue weighted by molar-refractivity contribution is 0.290. The van der Waals surface area contributed by atoms with Crippen molar-refractivity contribution in [3.63, 3.8) is 0 Å². The largest absolute Gasteiger partial charge is 0.269 e. The SMILES string of the molecule is Cc1cccc(-c2ccn(C3CCC3)n2)n1. The maximum absolute atomic E-state index is 4.60. The number of rotatable bonds is 2. The molecule has 0 N–H and O–H groups in total. The van der Waals surface area contributed by atoms with E-state index in [1.54, 1.807) is 0 Å². The van der Waals surface area contributed by atoms with Gasteiger partial charge in [-0.05, 0) is 44.4 Å². The molecule has 2 heterocycles.